The van der Waals surface area contributed by atoms with Crippen molar-refractivity contribution in [2.45, 2.75) is 19.2 Å². The van der Waals surface area contributed by atoms with Crippen molar-refractivity contribution in [3.8, 4) is 0 Å². The van der Waals surface area contributed by atoms with Gasteiger partial charge in [0.05, 0.1) is 18.8 Å². The van der Waals surface area contributed by atoms with Gasteiger partial charge in [0.1, 0.15) is 11.5 Å². The van der Waals surface area contributed by atoms with Crippen LogP contribution in [0.25, 0.3) is 0 Å². The summed E-state index contributed by atoms with van der Waals surface area (Å²) in [5.74, 6) is 3.97. The Bertz CT molecular complexity index is 738. The molecule has 10 heteroatoms. The summed E-state index contributed by atoms with van der Waals surface area (Å²) in [6.07, 6.45) is 0. The van der Waals surface area contributed by atoms with Crippen molar-refractivity contribution in [2.75, 3.05) is 33.4 Å². The Morgan fingerprint density at radius 2 is 2.00 bits per heavy atom. The van der Waals surface area contributed by atoms with Crippen molar-refractivity contribution in [1.29, 1.82) is 0 Å². The van der Waals surface area contributed by atoms with Crippen LogP contribution >= 0.6 is 11.8 Å². The zero-order chi connectivity index (χ0) is 17.7. The standard InChI is InChI=1S/C14H23N5O3S2/c1-10-7-11(8-19(3)4)22-12(10)9-23-6-5-16-14-13(15-2)17-24(20,21)18-14/h7H,5-6,8-9H2,1-4H3,(H,15,17)(H,16,18). The van der Waals surface area contributed by atoms with Gasteiger partial charge in [0.25, 0.3) is 0 Å². The van der Waals surface area contributed by atoms with Crippen LogP contribution in [0.15, 0.2) is 20.5 Å². The molecule has 0 amide bonds. The van der Waals surface area contributed by atoms with Gasteiger partial charge in [0.15, 0.2) is 11.7 Å². The minimum atomic E-state index is -3.54. The highest BCUT2D eigenvalue weighted by atomic mass is 32.2. The topological polar surface area (TPSA) is 99.3 Å². The number of nitrogens with one attached hydrogen (secondary N) is 2. The first kappa shape index (κ1) is 18.8. The minimum absolute atomic E-state index is 0.246. The summed E-state index contributed by atoms with van der Waals surface area (Å²) in [6, 6.07) is 2.07. The zero-order valence-electron chi connectivity index (χ0n) is 14.3. The first-order valence-corrected chi connectivity index (χ1v) is 10.1. The van der Waals surface area contributed by atoms with Gasteiger partial charge in [0.2, 0.25) is 0 Å². The molecule has 1 fully saturated rings. The maximum absolute atomic E-state index is 11.4. The third kappa shape index (κ3) is 5.25. The van der Waals surface area contributed by atoms with Gasteiger partial charge in [-0.25, -0.2) is 9.44 Å². The molecular weight excluding hydrogens is 350 g/mol. The van der Waals surface area contributed by atoms with Crippen LogP contribution in [-0.4, -0.2) is 58.4 Å². The number of nitrogens with zero attached hydrogens (tertiary/aromatic N) is 3. The van der Waals surface area contributed by atoms with Crippen molar-refractivity contribution < 1.29 is 12.8 Å². The molecule has 8 nitrogen and oxygen atoms in total. The summed E-state index contributed by atoms with van der Waals surface area (Å²) in [5, 5.41) is 0. The van der Waals surface area contributed by atoms with Gasteiger partial charge < -0.3 is 9.32 Å². The van der Waals surface area contributed by atoms with Gasteiger partial charge in [-0.1, -0.05) is 0 Å². The summed E-state index contributed by atoms with van der Waals surface area (Å²) in [7, 11) is 1.98. The van der Waals surface area contributed by atoms with Crippen molar-refractivity contribution in [3.05, 3.63) is 23.2 Å². The molecule has 1 aromatic heterocycles. The van der Waals surface area contributed by atoms with Crippen LogP contribution in [0.4, 0.5) is 0 Å². The number of aliphatic imine (C=N–C) groups is 2. The number of hydrogen-bond acceptors (Lipinski definition) is 7. The summed E-state index contributed by atoms with van der Waals surface area (Å²) in [6.45, 7) is 3.32. The Morgan fingerprint density at radius 3 is 2.67 bits per heavy atom. The lowest BCUT2D eigenvalue weighted by Crippen LogP contribution is -2.24. The molecule has 0 aromatic carbocycles. The van der Waals surface area contributed by atoms with Crippen LogP contribution in [0.2, 0.25) is 0 Å². The normalized spacial score (nSPS) is 19.9. The fourth-order valence-electron chi connectivity index (χ4n) is 2.15. The molecule has 0 bridgehead atoms. The molecule has 2 rings (SSSR count). The van der Waals surface area contributed by atoms with Crippen LogP contribution in [0, 0.1) is 6.92 Å². The average molecular weight is 374 g/mol. The highest BCUT2D eigenvalue weighted by Gasteiger charge is 2.27. The van der Waals surface area contributed by atoms with E-state index in [1.54, 1.807) is 11.8 Å². The van der Waals surface area contributed by atoms with Gasteiger partial charge in [-0.15, -0.1) is 0 Å². The van der Waals surface area contributed by atoms with E-state index in [9.17, 15) is 8.42 Å². The van der Waals surface area contributed by atoms with Crippen molar-refractivity contribution in [1.82, 2.24) is 14.3 Å². The molecule has 1 aromatic rings. The number of hydrogen-bond donors (Lipinski definition) is 2. The van der Waals surface area contributed by atoms with Crippen LogP contribution in [0.3, 0.4) is 0 Å². The van der Waals surface area contributed by atoms with Gasteiger partial charge >= 0.3 is 10.2 Å². The van der Waals surface area contributed by atoms with Gasteiger partial charge in [0, 0.05) is 12.8 Å². The zero-order valence-corrected chi connectivity index (χ0v) is 15.9. The maximum Gasteiger partial charge on any atom is 0.324 e. The SMILES string of the molecule is CN=C1NS(=O)(=O)NC1=NCCSCc1oc(CN(C)C)cc1C. The molecule has 0 unspecified atom stereocenters. The second kappa shape index (κ2) is 8.04. The molecule has 0 radical (unpaired) electrons. The number of rotatable bonds is 7. The monoisotopic (exact) mass is 373 g/mol. The van der Waals surface area contributed by atoms with E-state index in [0.717, 1.165) is 35.1 Å². The summed E-state index contributed by atoms with van der Waals surface area (Å²) >= 11 is 1.69. The number of amidine groups is 2. The Kier molecular flexibility index (Phi) is 6.30. The Labute approximate surface area is 147 Å². The minimum Gasteiger partial charge on any atom is -0.464 e. The largest absolute Gasteiger partial charge is 0.464 e. The van der Waals surface area contributed by atoms with E-state index in [4.69, 9.17) is 4.42 Å². The molecule has 1 saturated heterocycles. The molecule has 2 heterocycles. The number of aryl methyl sites for hydroxylation is 1. The molecule has 1 aliphatic heterocycles. The predicted molar refractivity (Wildman–Crippen MR) is 97.9 cm³/mol. The van der Waals surface area contributed by atoms with Crippen LogP contribution in [-0.2, 0) is 22.5 Å². The van der Waals surface area contributed by atoms with E-state index in [2.05, 4.69) is 30.4 Å². The highest BCUT2D eigenvalue weighted by molar-refractivity contribution is 7.98. The second-order valence-corrected chi connectivity index (χ2v) is 8.14. The second-order valence-electron chi connectivity index (χ2n) is 5.62. The molecule has 0 atom stereocenters. The third-order valence-corrected chi connectivity index (χ3v) is 5.05. The van der Waals surface area contributed by atoms with E-state index in [-0.39, 0.29) is 11.7 Å². The lowest BCUT2D eigenvalue weighted by molar-refractivity contribution is 0.344. The van der Waals surface area contributed by atoms with Gasteiger partial charge in [-0.05, 0) is 32.6 Å². The van der Waals surface area contributed by atoms with E-state index in [1.807, 2.05) is 21.0 Å². The van der Waals surface area contributed by atoms with Crippen molar-refractivity contribution in [2.24, 2.45) is 9.98 Å². The first-order valence-electron chi connectivity index (χ1n) is 7.43. The van der Waals surface area contributed by atoms with E-state index < -0.39 is 10.2 Å². The molecule has 1 aliphatic rings. The molecule has 2 N–H and O–H groups in total. The average Bonchev–Trinajstić information content (AvgIpc) is 2.97. The highest BCUT2D eigenvalue weighted by Crippen LogP contribution is 2.21. The Morgan fingerprint density at radius 1 is 1.29 bits per heavy atom. The molecular formula is C14H23N5O3S2. The third-order valence-electron chi connectivity index (χ3n) is 3.19. The van der Waals surface area contributed by atoms with Gasteiger partial charge in [-0.2, -0.15) is 20.2 Å². The fourth-order valence-corrected chi connectivity index (χ4v) is 3.89. The lowest BCUT2D eigenvalue weighted by Gasteiger charge is -2.05. The van der Waals surface area contributed by atoms with Crippen LogP contribution in [0.1, 0.15) is 17.1 Å². The van der Waals surface area contributed by atoms with E-state index >= 15 is 0 Å². The Hall–Kier alpha value is -1.52. The quantitative estimate of drug-likeness (QED) is 0.687. The number of thioether (sulfide) groups is 1. The number of furan rings is 1. The molecule has 0 spiro atoms. The van der Waals surface area contributed by atoms with E-state index in [1.165, 1.54) is 7.05 Å². The molecule has 0 saturated carbocycles. The smallest absolute Gasteiger partial charge is 0.324 e. The Balaban J connectivity index is 1.81. The predicted octanol–water partition coefficient (Wildman–Crippen LogP) is 0.747. The lowest BCUT2D eigenvalue weighted by atomic mass is 10.3. The molecule has 24 heavy (non-hydrogen) atoms. The van der Waals surface area contributed by atoms with Crippen molar-refractivity contribution in [3.63, 3.8) is 0 Å². The maximum atomic E-state index is 11.4. The summed E-state index contributed by atoms with van der Waals surface area (Å²) in [4.78, 5) is 10.2. The fraction of sp³-hybridized carbons (Fsp3) is 0.571. The first-order chi connectivity index (χ1) is 11.3. The summed E-state index contributed by atoms with van der Waals surface area (Å²) in [5.41, 5.74) is 1.15. The molecule has 0 aliphatic carbocycles. The van der Waals surface area contributed by atoms with Crippen LogP contribution in [0.5, 0.6) is 0 Å². The molecule has 134 valence electrons. The van der Waals surface area contributed by atoms with Gasteiger partial charge in [-0.3, -0.25) is 9.98 Å². The van der Waals surface area contributed by atoms with E-state index in [0.29, 0.717) is 6.54 Å². The van der Waals surface area contributed by atoms with Crippen molar-refractivity contribution >= 4 is 33.6 Å². The van der Waals surface area contributed by atoms with Crippen LogP contribution < -0.4 is 9.44 Å². The summed E-state index contributed by atoms with van der Waals surface area (Å²) < 4.78 is 33.2.